The van der Waals surface area contributed by atoms with Crippen molar-refractivity contribution in [2.45, 2.75) is 32.2 Å². The summed E-state index contributed by atoms with van der Waals surface area (Å²) in [5, 5.41) is 8.75. The monoisotopic (exact) mass is 271 g/mol. The lowest BCUT2D eigenvalue weighted by molar-refractivity contribution is -0.133. The Morgan fingerprint density at radius 2 is 2.00 bits per heavy atom. The number of nitriles is 1. The predicted octanol–water partition coefficient (Wildman–Crippen LogP) is 1.69. The first-order chi connectivity index (χ1) is 9.60. The number of amides is 1. The van der Waals surface area contributed by atoms with Crippen LogP contribution in [0, 0.1) is 17.2 Å². The van der Waals surface area contributed by atoms with Crippen LogP contribution in [0.15, 0.2) is 24.3 Å². The van der Waals surface area contributed by atoms with Gasteiger partial charge < -0.3 is 10.6 Å². The first-order valence-corrected chi connectivity index (χ1v) is 7.13. The second-order valence-electron chi connectivity index (χ2n) is 5.63. The van der Waals surface area contributed by atoms with Gasteiger partial charge in [0.15, 0.2) is 0 Å². The van der Waals surface area contributed by atoms with E-state index in [9.17, 15) is 4.79 Å². The standard InChI is InChI=1S/C16H21N3O/c1-12-6-8-19(9-7-12)16(20)15(18)10-13-2-4-14(11-17)5-3-13/h2-5,12,15H,6-10,18H2,1H3/t15-/m0/s1. The maximum absolute atomic E-state index is 12.3. The van der Waals surface area contributed by atoms with E-state index in [0.717, 1.165) is 31.5 Å². The third-order valence-electron chi connectivity index (χ3n) is 3.95. The third-order valence-corrected chi connectivity index (χ3v) is 3.95. The lowest BCUT2D eigenvalue weighted by Crippen LogP contribution is -2.47. The van der Waals surface area contributed by atoms with Crippen LogP contribution in [-0.4, -0.2) is 29.9 Å². The van der Waals surface area contributed by atoms with E-state index in [1.54, 1.807) is 12.1 Å². The van der Waals surface area contributed by atoms with Gasteiger partial charge in [-0.15, -0.1) is 0 Å². The number of nitrogens with two attached hydrogens (primary N) is 1. The molecule has 0 aliphatic carbocycles. The highest BCUT2D eigenvalue weighted by Crippen LogP contribution is 2.17. The van der Waals surface area contributed by atoms with Gasteiger partial charge in [0.25, 0.3) is 0 Å². The van der Waals surface area contributed by atoms with Crippen LogP contribution in [0.3, 0.4) is 0 Å². The van der Waals surface area contributed by atoms with Gasteiger partial charge in [-0.2, -0.15) is 5.26 Å². The summed E-state index contributed by atoms with van der Waals surface area (Å²) in [6, 6.07) is 8.84. The summed E-state index contributed by atoms with van der Waals surface area (Å²) in [7, 11) is 0. The minimum atomic E-state index is -0.489. The van der Waals surface area contributed by atoms with Crippen LogP contribution in [0.5, 0.6) is 0 Å². The van der Waals surface area contributed by atoms with E-state index in [-0.39, 0.29) is 5.91 Å². The van der Waals surface area contributed by atoms with Crippen molar-refractivity contribution in [1.82, 2.24) is 4.90 Å². The SMILES string of the molecule is CC1CCN(C(=O)[C@@H](N)Cc2ccc(C#N)cc2)CC1. The number of hydrogen-bond acceptors (Lipinski definition) is 3. The lowest BCUT2D eigenvalue weighted by Gasteiger charge is -2.32. The first-order valence-electron chi connectivity index (χ1n) is 7.13. The maximum Gasteiger partial charge on any atom is 0.239 e. The predicted molar refractivity (Wildman–Crippen MR) is 77.8 cm³/mol. The molecule has 0 aromatic heterocycles. The van der Waals surface area contributed by atoms with E-state index in [4.69, 9.17) is 11.0 Å². The number of benzene rings is 1. The van der Waals surface area contributed by atoms with Gasteiger partial charge in [0, 0.05) is 13.1 Å². The molecule has 4 nitrogen and oxygen atoms in total. The molecular weight excluding hydrogens is 250 g/mol. The largest absolute Gasteiger partial charge is 0.341 e. The highest BCUT2D eigenvalue weighted by Gasteiger charge is 2.24. The molecule has 1 saturated heterocycles. The second kappa shape index (κ2) is 6.53. The molecule has 1 aromatic carbocycles. The summed E-state index contributed by atoms with van der Waals surface area (Å²) >= 11 is 0. The number of piperidine rings is 1. The molecule has 1 amide bonds. The Balaban J connectivity index is 1.91. The van der Waals surface area contributed by atoms with Gasteiger partial charge >= 0.3 is 0 Å². The Bertz CT molecular complexity index is 495. The average molecular weight is 271 g/mol. The molecule has 2 rings (SSSR count). The van der Waals surface area contributed by atoms with E-state index in [2.05, 4.69) is 13.0 Å². The van der Waals surface area contributed by atoms with E-state index >= 15 is 0 Å². The van der Waals surface area contributed by atoms with E-state index in [1.165, 1.54) is 0 Å². The van der Waals surface area contributed by atoms with Crippen molar-refractivity contribution in [1.29, 1.82) is 5.26 Å². The molecule has 0 saturated carbocycles. The maximum atomic E-state index is 12.3. The topological polar surface area (TPSA) is 70.1 Å². The molecule has 1 heterocycles. The van der Waals surface area contributed by atoms with Crippen LogP contribution in [0.1, 0.15) is 30.9 Å². The fourth-order valence-corrected chi connectivity index (χ4v) is 2.52. The highest BCUT2D eigenvalue weighted by atomic mass is 16.2. The molecule has 106 valence electrons. The zero-order valence-corrected chi connectivity index (χ0v) is 11.9. The number of nitrogens with zero attached hydrogens (tertiary/aromatic N) is 2. The van der Waals surface area contributed by atoms with Crippen molar-refractivity contribution >= 4 is 5.91 Å². The van der Waals surface area contributed by atoms with Gasteiger partial charge in [-0.3, -0.25) is 4.79 Å². The molecule has 1 fully saturated rings. The van der Waals surface area contributed by atoms with E-state index in [1.807, 2.05) is 17.0 Å². The quantitative estimate of drug-likeness (QED) is 0.909. The van der Waals surface area contributed by atoms with Gasteiger partial charge in [0.1, 0.15) is 0 Å². The highest BCUT2D eigenvalue weighted by molar-refractivity contribution is 5.82. The van der Waals surface area contributed by atoms with Crippen LogP contribution >= 0.6 is 0 Å². The Kier molecular flexibility index (Phi) is 4.75. The van der Waals surface area contributed by atoms with Crippen LogP contribution < -0.4 is 5.73 Å². The van der Waals surface area contributed by atoms with Crippen molar-refractivity contribution < 1.29 is 4.79 Å². The minimum Gasteiger partial charge on any atom is -0.341 e. The minimum absolute atomic E-state index is 0.0428. The summed E-state index contributed by atoms with van der Waals surface area (Å²) in [6.45, 7) is 3.86. The van der Waals surface area contributed by atoms with Crippen molar-refractivity contribution in [2.75, 3.05) is 13.1 Å². The molecule has 0 radical (unpaired) electrons. The molecular formula is C16H21N3O. The van der Waals surface area contributed by atoms with Crippen molar-refractivity contribution in [3.05, 3.63) is 35.4 Å². The van der Waals surface area contributed by atoms with Crippen LogP contribution in [0.25, 0.3) is 0 Å². The van der Waals surface area contributed by atoms with Crippen molar-refractivity contribution in [2.24, 2.45) is 11.7 Å². The lowest BCUT2D eigenvalue weighted by atomic mass is 9.97. The summed E-state index contributed by atoms with van der Waals surface area (Å²) in [4.78, 5) is 14.2. The number of hydrogen-bond donors (Lipinski definition) is 1. The number of rotatable bonds is 3. The Hall–Kier alpha value is -1.86. The fraction of sp³-hybridized carbons (Fsp3) is 0.500. The van der Waals surface area contributed by atoms with Crippen LogP contribution in [0.2, 0.25) is 0 Å². The van der Waals surface area contributed by atoms with Gasteiger partial charge in [-0.05, 0) is 42.9 Å². The Morgan fingerprint density at radius 3 is 2.55 bits per heavy atom. The van der Waals surface area contributed by atoms with E-state index < -0.39 is 6.04 Å². The van der Waals surface area contributed by atoms with Crippen LogP contribution in [-0.2, 0) is 11.2 Å². The molecule has 1 aromatic rings. The van der Waals surface area contributed by atoms with Gasteiger partial charge in [0.05, 0.1) is 17.7 Å². The molecule has 0 unspecified atom stereocenters. The van der Waals surface area contributed by atoms with Crippen molar-refractivity contribution in [3.63, 3.8) is 0 Å². The normalized spacial score (nSPS) is 17.6. The van der Waals surface area contributed by atoms with Crippen molar-refractivity contribution in [3.8, 4) is 6.07 Å². The Labute approximate surface area is 120 Å². The van der Waals surface area contributed by atoms with Gasteiger partial charge in [-0.25, -0.2) is 0 Å². The molecule has 20 heavy (non-hydrogen) atoms. The summed E-state index contributed by atoms with van der Waals surface area (Å²) in [6.07, 6.45) is 2.65. The number of carbonyl (C=O) groups is 1. The van der Waals surface area contributed by atoms with E-state index in [0.29, 0.717) is 17.9 Å². The third kappa shape index (κ3) is 3.58. The zero-order valence-electron chi connectivity index (χ0n) is 11.9. The van der Waals surface area contributed by atoms with Gasteiger partial charge in [0.2, 0.25) is 5.91 Å². The fourth-order valence-electron chi connectivity index (χ4n) is 2.52. The van der Waals surface area contributed by atoms with Gasteiger partial charge in [-0.1, -0.05) is 19.1 Å². The smallest absolute Gasteiger partial charge is 0.239 e. The molecule has 1 aliphatic heterocycles. The first kappa shape index (κ1) is 14.5. The molecule has 0 spiro atoms. The molecule has 0 bridgehead atoms. The number of likely N-dealkylation sites (tertiary alicyclic amines) is 1. The molecule has 1 aliphatic rings. The molecule has 4 heteroatoms. The van der Waals surface area contributed by atoms with Crippen LogP contribution in [0.4, 0.5) is 0 Å². The second-order valence-corrected chi connectivity index (χ2v) is 5.63. The average Bonchev–Trinajstić information content (AvgIpc) is 2.48. The summed E-state index contributed by atoms with van der Waals surface area (Å²) < 4.78 is 0. The summed E-state index contributed by atoms with van der Waals surface area (Å²) in [5.41, 5.74) is 7.65. The zero-order chi connectivity index (χ0) is 14.5. The molecule has 2 N–H and O–H groups in total. The Morgan fingerprint density at radius 1 is 1.40 bits per heavy atom. The number of carbonyl (C=O) groups excluding carboxylic acids is 1. The summed E-state index contributed by atoms with van der Waals surface area (Å²) in [5.74, 6) is 0.745. The molecule has 1 atom stereocenters.